The first-order valence-corrected chi connectivity index (χ1v) is 14.0. The second-order valence-corrected chi connectivity index (χ2v) is 13.2. The van der Waals surface area contributed by atoms with Gasteiger partial charge in [0.25, 0.3) is 0 Å². The minimum absolute atomic E-state index is 0.0588. The summed E-state index contributed by atoms with van der Waals surface area (Å²) >= 11 is 0. The van der Waals surface area contributed by atoms with Crippen molar-refractivity contribution in [3.63, 3.8) is 0 Å². The highest BCUT2D eigenvalue weighted by Gasteiger charge is 2.27. The SMILES string of the molecule is CC(C)(C)c1cc(CCc2ccccc2)c(P=C2c3ccccc3-c3ccccc32)c(C(C)(C)C)c1. The molecule has 0 bridgehead atoms. The fourth-order valence-electron chi connectivity index (χ4n) is 5.17. The lowest BCUT2D eigenvalue weighted by atomic mass is 9.79. The quantitative estimate of drug-likeness (QED) is 0.222. The average Bonchev–Trinajstić information content (AvgIpc) is 3.16. The molecule has 0 aromatic heterocycles. The van der Waals surface area contributed by atoms with Gasteiger partial charge in [-0.1, -0.05) is 141 Å². The Bertz CT molecular complexity index is 1380. The third-order valence-corrected chi connectivity index (χ3v) is 8.72. The number of hydrogen-bond donors (Lipinski definition) is 0. The highest BCUT2D eigenvalue weighted by Crippen LogP contribution is 2.40. The molecule has 5 rings (SSSR count). The summed E-state index contributed by atoms with van der Waals surface area (Å²) in [7, 11) is 1.31. The fraction of sp³-hybridized carbons (Fsp3) is 0.286. The van der Waals surface area contributed by atoms with E-state index in [0.717, 1.165) is 12.8 Å². The van der Waals surface area contributed by atoms with E-state index in [9.17, 15) is 0 Å². The van der Waals surface area contributed by atoms with Crippen LogP contribution < -0.4 is 5.30 Å². The van der Waals surface area contributed by atoms with Crippen molar-refractivity contribution in [1.29, 1.82) is 0 Å². The first-order chi connectivity index (χ1) is 17.1. The Morgan fingerprint density at radius 2 is 1.08 bits per heavy atom. The monoisotopic (exact) mass is 488 g/mol. The van der Waals surface area contributed by atoms with Crippen molar-refractivity contribution in [2.45, 2.75) is 65.2 Å². The Balaban J connectivity index is 1.74. The predicted octanol–water partition coefficient (Wildman–Crippen LogP) is 8.89. The largest absolute Gasteiger partial charge is 0.0622 e. The molecular weight excluding hydrogens is 451 g/mol. The van der Waals surface area contributed by atoms with Crippen molar-refractivity contribution >= 4 is 18.8 Å². The molecule has 0 fully saturated rings. The standard InChI is InChI=1S/C35H37P/c1-34(2,3)26-22-25(21-20-24-14-8-7-9-15-24)32(31(23-26)35(4,5)6)36-33-29-18-12-10-16-27(29)28-17-11-13-19-30(28)33/h7-19,22-23H,20-21H2,1-6H3. The van der Waals surface area contributed by atoms with Crippen molar-refractivity contribution in [3.05, 3.63) is 124 Å². The molecule has 1 heteroatoms. The van der Waals surface area contributed by atoms with Gasteiger partial charge >= 0.3 is 0 Å². The summed E-state index contributed by atoms with van der Waals surface area (Å²) in [6, 6.07) is 33.8. The molecule has 0 nitrogen and oxygen atoms in total. The topological polar surface area (TPSA) is 0 Å². The van der Waals surface area contributed by atoms with Crippen molar-refractivity contribution < 1.29 is 0 Å². The number of benzene rings is 4. The van der Waals surface area contributed by atoms with Gasteiger partial charge < -0.3 is 0 Å². The Kier molecular flexibility index (Phi) is 6.52. The molecule has 0 heterocycles. The summed E-state index contributed by atoms with van der Waals surface area (Å²) in [5.41, 5.74) is 11.5. The van der Waals surface area contributed by atoms with Crippen LogP contribution in [0.5, 0.6) is 0 Å². The zero-order valence-electron chi connectivity index (χ0n) is 22.5. The van der Waals surface area contributed by atoms with Gasteiger partial charge in [-0.3, -0.25) is 0 Å². The van der Waals surface area contributed by atoms with Crippen LogP contribution in [0.15, 0.2) is 91.0 Å². The molecule has 0 atom stereocenters. The van der Waals surface area contributed by atoms with Crippen LogP contribution >= 0.6 is 8.20 Å². The molecular formula is C35H37P. The van der Waals surface area contributed by atoms with E-state index in [1.54, 1.807) is 0 Å². The first-order valence-electron chi connectivity index (χ1n) is 13.1. The van der Waals surface area contributed by atoms with Crippen LogP contribution in [-0.4, -0.2) is 5.29 Å². The molecule has 4 aromatic carbocycles. The number of rotatable bonds is 4. The third-order valence-electron chi connectivity index (χ3n) is 7.27. The maximum Gasteiger partial charge on any atom is 0.0181 e. The van der Waals surface area contributed by atoms with E-state index in [1.165, 1.54) is 63.3 Å². The number of hydrogen-bond acceptors (Lipinski definition) is 0. The van der Waals surface area contributed by atoms with Crippen molar-refractivity contribution in [1.82, 2.24) is 0 Å². The van der Waals surface area contributed by atoms with Gasteiger partial charge in [0, 0.05) is 10.6 Å². The fourth-order valence-corrected chi connectivity index (χ4v) is 6.87. The van der Waals surface area contributed by atoms with E-state index in [-0.39, 0.29) is 10.8 Å². The predicted molar refractivity (Wildman–Crippen MR) is 159 cm³/mol. The Hall–Kier alpha value is -2.95. The van der Waals surface area contributed by atoms with Crippen LogP contribution in [0, 0.1) is 0 Å². The summed E-state index contributed by atoms with van der Waals surface area (Å²) in [5.74, 6) is 0. The zero-order chi connectivity index (χ0) is 25.5. The molecule has 0 radical (unpaired) electrons. The molecule has 0 N–H and O–H groups in total. The average molecular weight is 489 g/mol. The Labute approximate surface area is 219 Å². The second kappa shape index (κ2) is 9.49. The second-order valence-electron chi connectivity index (χ2n) is 12.1. The van der Waals surface area contributed by atoms with Crippen LogP contribution in [-0.2, 0) is 23.7 Å². The molecule has 4 aromatic rings. The summed E-state index contributed by atoms with van der Waals surface area (Å²) in [4.78, 5) is 0. The molecule has 182 valence electrons. The van der Waals surface area contributed by atoms with Crippen molar-refractivity contribution in [2.24, 2.45) is 0 Å². The molecule has 0 unspecified atom stereocenters. The molecule has 0 saturated carbocycles. The molecule has 0 saturated heterocycles. The molecule has 0 aliphatic heterocycles. The lowest BCUT2D eigenvalue weighted by Gasteiger charge is -2.29. The summed E-state index contributed by atoms with van der Waals surface area (Å²) in [6.45, 7) is 14.1. The van der Waals surface area contributed by atoms with Gasteiger partial charge in [-0.05, 0) is 68.2 Å². The highest BCUT2D eigenvalue weighted by atomic mass is 31.1. The molecule has 1 aliphatic carbocycles. The zero-order valence-corrected chi connectivity index (χ0v) is 23.4. The van der Waals surface area contributed by atoms with E-state index < -0.39 is 0 Å². The van der Waals surface area contributed by atoms with Gasteiger partial charge in [0.05, 0.1) is 0 Å². The minimum atomic E-state index is 0.0588. The first kappa shape index (κ1) is 24.7. The van der Waals surface area contributed by atoms with Crippen LogP contribution in [0.25, 0.3) is 11.1 Å². The number of fused-ring (bicyclic) bond motifs is 3. The van der Waals surface area contributed by atoms with Crippen LogP contribution in [0.1, 0.15) is 74.9 Å². The lowest BCUT2D eigenvalue weighted by Crippen LogP contribution is -2.26. The van der Waals surface area contributed by atoms with Gasteiger partial charge in [0.1, 0.15) is 0 Å². The van der Waals surface area contributed by atoms with Crippen LogP contribution in [0.2, 0.25) is 0 Å². The lowest BCUT2D eigenvalue weighted by molar-refractivity contribution is 0.569. The van der Waals surface area contributed by atoms with Gasteiger partial charge in [-0.2, -0.15) is 0 Å². The highest BCUT2D eigenvalue weighted by molar-refractivity contribution is 7.50. The van der Waals surface area contributed by atoms with Gasteiger partial charge in [0.15, 0.2) is 0 Å². The maximum atomic E-state index is 2.51. The molecule has 0 spiro atoms. The van der Waals surface area contributed by atoms with Gasteiger partial charge in [0.2, 0.25) is 0 Å². The van der Waals surface area contributed by atoms with Crippen LogP contribution in [0.4, 0.5) is 0 Å². The van der Waals surface area contributed by atoms with E-state index in [4.69, 9.17) is 0 Å². The van der Waals surface area contributed by atoms with Gasteiger partial charge in [-0.25, -0.2) is 0 Å². The maximum absolute atomic E-state index is 2.51. The Morgan fingerprint density at radius 1 is 0.556 bits per heavy atom. The van der Waals surface area contributed by atoms with E-state index in [0.29, 0.717) is 0 Å². The summed E-state index contributed by atoms with van der Waals surface area (Å²) in [6.07, 6.45) is 2.11. The normalized spacial score (nSPS) is 13.1. The van der Waals surface area contributed by atoms with E-state index >= 15 is 0 Å². The summed E-state index contributed by atoms with van der Waals surface area (Å²) < 4.78 is 0. The molecule has 1 aliphatic rings. The van der Waals surface area contributed by atoms with Gasteiger partial charge in [-0.15, -0.1) is 0 Å². The van der Waals surface area contributed by atoms with Crippen molar-refractivity contribution in [3.8, 4) is 11.1 Å². The minimum Gasteiger partial charge on any atom is -0.0622 e. The van der Waals surface area contributed by atoms with Crippen molar-refractivity contribution in [2.75, 3.05) is 0 Å². The Morgan fingerprint density at radius 3 is 1.61 bits per heavy atom. The van der Waals surface area contributed by atoms with E-state index in [1.807, 2.05) is 0 Å². The van der Waals surface area contributed by atoms with Crippen LogP contribution in [0.3, 0.4) is 0 Å². The van der Waals surface area contributed by atoms with E-state index in [2.05, 4.69) is 133 Å². The molecule has 0 amide bonds. The third kappa shape index (κ3) is 4.85. The summed E-state index contributed by atoms with van der Waals surface area (Å²) in [5, 5.41) is 2.93. The smallest absolute Gasteiger partial charge is 0.0181 e. The molecule has 36 heavy (non-hydrogen) atoms. The number of aryl methyl sites for hydroxylation is 2.